The number of halogens is 1. The molecule has 114 valence electrons. The van der Waals surface area contributed by atoms with Gasteiger partial charge >= 0.3 is 0 Å². The average molecular weight is 320 g/mol. The maximum atomic E-state index is 12.2. The maximum absolute atomic E-state index is 12.2. The van der Waals surface area contributed by atoms with Crippen molar-refractivity contribution in [2.45, 2.75) is 38.0 Å². The standard InChI is InChI=1S/C14H22ClNO3S/c1-3-4-12(7-8-17)10-16-20(18,19)13-6-5-11(2)14(15)9-13/h5-6,9,12,16-17H,3-4,7-8,10H2,1-2H3. The third kappa shape index (κ3) is 5.05. The molecule has 0 aliphatic rings. The van der Waals surface area contributed by atoms with Gasteiger partial charge in [0.1, 0.15) is 0 Å². The predicted molar refractivity (Wildman–Crippen MR) is 81.5 cm³/mol. The first-order valence-electron chi connectivity index (χ1n) is 6.77. The largest absolute Gasteiger partial charge is 0.396 e. The van der Waals surface area contributed by atoms with Crippen LogP contribution < -0.4 is 4.72 Å². The summed E-state index contributed by atoms with van der Waals surface area (Å²) >= 11 is 5.96. The number of hydrogen-bond acceptors (Lipinski definition) is 3. The van der Waals surface area contributed by atoms with Gasteiger partial charge in [-0.15, -0.1) is 0 Å². The molecule has 1 atom stereocenters. The van der Waals surface area contributed by atoms with Crippen molar-refractivity contribution in [1.82, 2.24) is 4.72 Å². The van der Waals surface area contributed by atoms with Crippen molar-refractivity contribution < 1.29 is 13.5 Å². The van der Waals surface area contributed by atoms with Gasteiger partial charge in [-0.3, -0.25) is 0 Å². The molecule has 1 aromatic carbocycles. The van der Waals surface area contributed by atoms with E-state index in [0.717, 1.165) is 18.4 Å². The van der Waals surface area contributed by atoms with E-state index in [0.29, 0.717) is 18.0 Å². The maximum Gasteiger partial charge on any atom is 0.240 e. The fraction of sp³-hybridized carbons (Fsp3) is 0.571. The van der Waals surface area contributed by atoms with Gasteiger partial charge in [0, 0.05) is 18.2 Å². The Morgan fingerprint density at radius 2 is 2.05 bits per heavy atom. The van der Waals surface area contributed by atoms with Crippen molar-refractivity contribution >= 4 is 21.6 Å². The minimum Gasteiger partial charge on any atom is -0.396 e. The van der Waals surface area contributed by atoms with Crippen LogP contribution in [0.4, 0.5) is 0 Å². The van der Waals surface area contributed by atoms with Crippen molar-refractivity contribution in [3.63, 3.8) is 0 Å². The summed E-state index contributed by atoms with van der Waals surface area (Å²) < 4.78 is 26.9. The van der Waals surface area contributed by atoms with E-state index >= 15 is 0 Å². The molecule has 0 heterocycles. The Kier molecular flexibility index (Phi) is 6.95. The minimum absolute atomic E-state index is 0.0722. The molecule has 0 saturated carbocycles. The number of rotatable bonds is 8. The van der Waals surface area contributed by atoms with Crippen molar-refractivity contribution in [2.24, 2.45) is 5.92 Å². The van der Waals surface area contributed by atoms with Crippen LogP contribution in [0.1, 0.15) is 31.7 Å². The Morgan fingerprint density at radius 1 is 1.35 bits per heavy atom. The van der Waals surface area contributed by atoms with Crippen molar-refractivity contribution in [3.8, 4) is 0 Å². The first-order chi connectivity index (χ1) is 9.40. The summed E-state index contributed by atoms with van der Waals surface area (Å²) in [7, 11) is -3.55. The molecule has 0 spiro atoms. The molecule has 0 aliphatic heterocycles. The summed E-state index contributed by atoms with van der Waals surface area (Å²) in [5.41, 5.74) is 0.842. The zero-order valence-electron chi connectivity index (χ0n) is 11.9. The number of sulfonamides is 1. The van der Waals surface area contributed by atoms with E-state index in [-0.39, 0.29) is 17.4 Å². The highest BCUT2D eigenvalue weighted by Crippen LogP contribution is 2.20. The Bertz CT molecular complexity index is 525. The second-order valence-electron chi connectivity index (χ2n) is 4.93. The van der Waals surface area contributed by atoms with Crippen LogP contribution in [0.25, 0.3) is 0 Å². The van der Waals surface area contributed by atoms with Gasteiger partial charge in [0.05, 0.1) is 4.90 Å². The van der Waals surface area contributed by atoms with Crippen molar-refractivity contribution in [2.75, 3.05) is 13.2 Å². The highest BCUT2D eigenvalue weighted by Gasteiger charge is 2.17. The molecule has 1 rings (SSSR count). The number of nitrogens with one attached hydrogen (secondary N) is 1. The molecule has 0 aliphatic carbocycles. The number of aliphatic hydroxyl groups is 1. The predicted octanol–water partition coefficient (Wildman–Crippen LogP) is 2.73. The molecule has 0 bridgehead atoms. The summed E-state index contributed by atoms with van der Waals surface area (Å²) in [5.74, 6) is 0.153. The molecule has 6 heteroatoms. The summed E-state index contributed by atoms with van der Waals surface area (Å²) in [5, 5.41) is 9.42. The zero-order chi connectivity index (χ0) is 15.2. The van der Waals surface area contributed by atoms with E-state index in [9.17, 15) is 8.42 Å². The molecule has 0 amide bonds. The first kappa shape index (κ1) is 17.4. The number of hydrogen-bond donors (Lipinski definition) is 2. The van der Waals surface area contributed by atoms with E-state index in [1.54, 1.807) is 12.1 Å². The lowest BCUT2D eigenvalue weighted by Crippen LogP contribution is -2.30. The molecule has 2 N–H and O–H groups in total. The third-order valence-corrected chi connectivity index (χ3v) is 5.08. The van der Waals surface area contributed by atoms with Gasteiger partial charge in [0.15, 0.2) is 0 Å². The molecular formula is C14H22ClNO3S. The van der Waals surface area contributed by atoms with Gasteiger partial charge in [-0.05, 0) is 43.4 Å². The fourth-order valence-electron chi connectivity index (χ4n) is 1.99. The van der Waals surface area contributed by atoms with Gasteiger partial charge in [-0.2, -0.15) is 0 Å². The molecule has 1 aromatic rings. The SMILES string of the molecule is CCCC(CCO)CNS(=O)(=O)c1ccc(C)c(Cl)c1. The van der Waals surface area contributed by atoms with Crippen LogP contribution in [-0.2, 0) is 10.0 Å². The summed E-state index contributed by atoms with van der Waals surface area (Å²) in [4.78, 5) is 0.173. The highest BCUT2D eigenvalue weighted by molar-refractivity contribution is 7.89. The Morgan fingerprint density at radius 3 is 2.60 bits per heavy atom. The second-order valence-corrected chi connectivity index (χ2v) is 7.10. The van der Waals surface area contributed by atoms with Crippen LogP contribution in [0.5, 0.6) is 0 Å². The summed E-state index contributed by atoms with van der Waals surface area (Å²) in [6.07, 6.45) is 2.45. The lowest BCUT2D eigenvalue weighted by Gasteiger charge is -2.16. The van der Waals surface area contributed by atoms with Crippen molar-refractivity contribution in [3.05, 3.63) is 28.8 Å². The molecule has 0 saturated heterocycles. The van der Waals surface area contributed by atoms with Gasteiger partial charge < -0.3 is 5.11 Å². The van der Waals surface area contributed by atoms with Gasteiger partial charge in [-0.25, -0.2) is 13.1 Å². The summed E-state index contributed by atoms with van der Waals surface area (Å²) in [6.45, 7) is 4.27. The Hall–Kier alpha value is -0.620. The molecular weight excluding hydrogens is 298 g/mol. The monoisotopic (exact) mass is 319 g/mol. The summed E-state index contributed by atoms with van der Waals surface area (Å²) in [6, 6.07) is 4.69. The van der Waals surface area contributed by atoms with E-state index in [4.69, 9.17) is 16.7 Å². The zero-order valence-corrected chi connectivity index (χ0v) is 13.5. The number of aryl methyl sites for hydroxylation is 1. The molecule has 4 nitrogen and oxygen atoms in total. The lowest BCUT2D eigenvalue weighted by atomic mass is 10.0. The second kappa shape index (κ2) is 7.98. The molecule has 0 fully saturated rings. The van der Waals surface area contributed by atoms with Crippen LogP contribution >= 0.6 is 11.6 Å². The number of aliphatic hydroxyl groups excluding tert-OH is 1. The van der Waals surface area contributed by atoms with Gasteiger partial charge in [-0.1, -0.05) is 31.0 Å². The van der Waals surface area contributed by atoms with Crippen LogP contribution in [0.3, 0.4) is 0 Å². The van der Waals surface area contributed by atoms with Gasteiger partial charge in [0.25, 0.3) is 0 Å². The molecule has 0 aromatic heterocycles. The van der Waals surface area contributed by atoms with Crippen LogP contribution in [0.2, 0.25) is 5.02 Å². The van der Waals surface area contributed by atoms with Crippen LogP contribution in [0.15, 0.2) is 23.1 Å². The molecule has 1 unspecified atom stereocenters. The van der Waals surface area contributed by atoms with E-state index in [2.05, 4.69) is 4.72 Å². The third-order valence-electron chi connectivity index (χ3n) is 3.25. The van der Waals surface area contributed by atoms with Crippen LogP contribution in [0, 0.1) is 12.8 Å². The first-order valence-corrected chi connectivity index (χ1v) is 8.63. The van der Waals surface area contributed by atoms with E-state index in [1.165, 1.54) is 6.07 Å². The van der Waals surface area contributed by atoms with Crippen molar-refractivity contribution in [1.29, 1.82) is 0 Å². The molecule has 0 radical (unpaired) electrons. The number of benzene rings is 1. The highest BCUT2D eigenvalue weighted by atomic mass is 35.5. The Balaban J connectivity index is 2.75. The molecule has 20 heavy (non-hydrogen) atoms. The van der Waals surface area contributed by atoms with E-state index < -0.39 is 10.0 Å². The topological polar surface area (TPSA) is 66.4 Å². The average Bonchev–Trinajstić information content (AvgIpc) is 2.39. The van der Waals surface area contributed by atoms with E-state index in [1.807, 2.05) is 13.8 Å². The minimum atomic E-state index is -3.55. The fourth-order valence-corrected chi connectivity index (χ4v) is 3.38. The smallest absolute Gasteiger partial charge is 0.240 e. The lowest BCUT2D eigenvalue weighted by molar-refractivity contribution is 0.251. The Labute approximate surface area is 126 Å². The quantitative estimate of drug-likeness (QED) is 0.774. The van der Waals surface area contributed by atoms with Crippen LogP contribution in [-0.4, -0.2) is 26.7 Å². The van der Waals surface area contributed by atoms with Gasteiger partial charge in [0.2, 0.25) is 10.0 Å². The normalized spacial score (nSPS) is 13.4.